The standard InChI is InChI=1S/C18H21NO4/c1-3-5-10-15(20)19-11-13(18(21)22-4-2)17-16(19)12-8-6-7-9-14(12)23-17/h3,6-9,13,16-17H,1,4-5,10-11H2,2H3/t13-,16+,17+/m1/s1. The molecule has 0 aromatic heterocycles. The summed E-state index contributed by atoms with van der Waals surface area (Å²) in [5.74, 6) is 0.0272. The van der Waals surface area contributed by atoms with Crippen LogP contribution in [0.25, 0.3) is 0 Å². The molecule has 5 heteroatoms. The summed E-state index contributed by atoms with van der Waals surface area (Å²) in [4.78, 5) is 26.6. The molecular formula is C18H21NO4. The third-order valence-corrected chi connectivity index (χ3v) is 4.41. The Morgan fingerprint density at radius 2 is 2.22 bits per heavy atom. The minimum Gasteiger partial charge on any atom is -0.487 e. The highest BCUT2D eigenvalue weighted by atomic mass is 16.5. The number of ether oxygens (including phenoxy) is 2. The molecule has 1 fully saturated rings. The van der Waals surface area contributed by atoms with Crippen LogP contribution >= 0.6 is 0 Å². The molecule has 1 saturated heterocycles. The molecule has 0 aliphatic carbocycles. The van der Waals surface area contributed by atoms with E-state index in [0.29, 0.717) is 26.0 Å². The lowest BCUT2D eigenvalue weighted by Crippen LogP contribution is -2.31. The lowest BCUT2D eigenvalue weighted by molar-refractivity contribution is -0.149. The number of likely N-dealkylation sites (tertiary alicyclic amines) is 1. The summed E-state index contributed by atoms with van der Waals surface area (Å²) in [6.45, 7) is 6.11. The Balaban J connectivity index is 1.89. The van der Waals surface area contributed by atoms with Gasteiger partial charge in [0.15, 0.2) is 0 Å². The molecule has 3 atom stereocenters. The van der Waals surface area contributed by atoms with Gasteiger partial charge in [0.05, 0.1) is 12.6 Å². The highest BCUT2D eigenvalue weighted by Gasteiger charge is 2.53. The first-order chi connectivity index (χ1) is 11.2. The van der Waals surface area contributed by atoms with Crippen LogP contribution in [-0.4, -0.2) is 36.0 Å². The van der Waals surface area contributed by atoms with E-state index in [1.807, 2.05) is 24.3 Å². The zero-order chi connectivity index (χ0) is 16.4. The number of hydrogen-bond acceptors (Lipinski definition) is 4. The van der Waals surface area contributed by atoms with E-state index in [1.165, 1.54) is 0 Å². The van der Waals surface area contributed by atoms with Crippen molar-refractivity contribution in [3.63, 3.8) is 0 Å². The average molecular weight is 315 g/mol. The average Bonchev–Trinajstić information content (AvgIpc) is 3.09. The summed E-state index contributed by atoms with van der Waals surface area (Å²) in [6, 6.07) is 7.44. The van der Waals surface area contributed by atoms with Gasteiger partial charge in [-0.3, -0.25) is 9.59 Å². The number of carbonyl (C=O) groups excluding carboxylic acids is 2. The lowest BCUT2D eigenvalue weighted by atomic mass is 9.99. The van der Waals surface area contributed by atoms with Crippen molar-refractivity contribution < 1.29 is 19.1 Å². The van der Waals surface area contributed by atoms with Gasteiger partial charge >= 0.3 is 5.97 Å². The van der Waals surface area contributed by atoms with Crippen LogP contribution in [0.1, 0.15) is 31.4 Å². The highest BCUT2D eigenvalue weighted by molar-refractivity contribution is 5.81. The van der Waals surface area contributed by atoms with E-state index in [-0.39, 0.29) is 24.0 Å². The molecule has 23 heavy (non-hydrogen) atoms. The minimum absolute atomic E-state index is 0.0204. The van der Waals surface area contributed by atoms with E-state index < -0.39 is 5.92 Å². The van der Waals surface area contributed by atoms with Gasteiger partial charge in [0, 0.05) is 18.5 Å². The molecule has 3 rings (SSSR count). The first-order valence-corrected chi connectivity index (χ1v) is 8.00. The van der Waals surface area contributed by atoms with Crippen molar-refractivity contribution in [1.82, 2.24) is 4.90 Å². The maximum absolute atomic E-state index is 12.6. The summed E-state index contributed by atoms with van der Waals surface area (Å²) in [6.07, 6.45) is 2.39. The molecule has 122 valence electrons. The van der Waals surface area contributed by atoms with Crippen LogP contribution in [0.2, 0.25) is 0 Å². The van der Waals surface area contributed by atoms with Gasteiger partial charge in [0.1, 0.15) is 17.8 Å². The van der Waals surface area contributed by atoms with E-state index in [4.69, 9.17) is 9.47 Å². The van der Waals surface area contributed by atoms with Gasteiger partial charge in [0.2, 0.25) is 5.91 Å². The molecule has 0 unspecified atom stereocenters. The second-order valence-corrected chi connectivity index (χ2v) is 5.80. The van der Waals surface area contributed by atoms with Crippen LogP contribution in [-0.2, 0) is 14.3 Å². The van der Waals surface area contributed by atoms with Gasteiger partial charge in [-0.2, -0.15) is 0 Å². The molecular weight excluding hydrogens is 294 g/mol. The topological polar surface area (TPSA) is 55.8 Å². The monoisotopic (exact) mass is 315 g/mol. The fraction of sp³-hybridized carbons (Fsp3) is 0.444. The van der Waals surface area contributed by atoms with Crippen molar-refractivity contribution in [3.05, 3.63) is 42.5 Å². The fourth-order valence-electron chi connectivity index (χ4n) is 3.38. The zero-order valence-electron chi connectivity index (χ0n) is 13.2. The lowest BCUT2D eigenvalue weighted by Gasteiger charge is -2.23. The van der Waals surface area contributed by atoms with Crippen molar-refractivity contribution in [2.24, 2.45) is 5.92 Å². The Morgan fingerprint density at radius 3 is 2.96 bits per heavy atom. The first kappa shape index (κ1) is 15.6. The van der Waals surface area contributed by atoms with Crippen molar-refractivity contribution in [3.8, 4) is 5.75 Å². The van der Waals surface area contributed by atoms with E-state index >= 15 is 0 Å². The van der Waals surface area contributed by atoms with Crippen molar-refractivity contribution in [1.29, 1.82) is 0 Å². The number of benzene rings is 1. The number of fused-ring (bicyclic) bond motifs is 3. The molecule has 2 heterocycles. The number of nitrogens with zero attached hydrogens (tertiary/aromatic N) is 1. The Bertz CT molecular complexity index is 627. The quantitative estimate of drug-likeness (QED) is 0.619. The molecule has 2 aliphatic heterocycles. The van der Waals surface area contributed by atoms with E-state index in [1.54, 1.807) is 17.9 Å². The highest BCUT2D eigenvalue weighted by Crippen LogP contribution is 2.47. The molecule has 2 aliphatic rings. The number of allylic oxidation sites excluding steroid dienone is 1. The van der Waals surface area contributed by atoms with Crippen LogP contribution in [0.3, 0.4) is 0 Å². The number of esters is 1. The smallest absolute Gasteiger partial charge is 0.314 e. The van der Waals surface area contributed by atoms with Crippen molar-refractivity contribution in [2.75, 3.05) is 13.2 Å². The van der Waals surface area contributed by atoms with Crippen molar-refractivity contribution >= 4 is 11.9 Å². The van der Waals surface area contributed by atoms with Crippen molar-refractivity contribution in [2.45, 2.75) is 31.9 Å². The summed E-state index contributed by atoms with van der Waals surface area (Å²) in [5.41, 5.74) is 0.969. The van der Waals surface area contributed by atoms with Crippen LogP contribution < -0.4 is 4.74 Å². The molecule has 0 radical (unpaired) electrons. The third-order valence-electron chi connectivity index (χ3n) is 4.41. The predicted molar refractivity (Wildman–Crippen MR) is 84.9 cm³/mol. The van der Waals surface area contributed by atoms with Crippen LogP contribution in [0, 0.1) is 5.92 Å². The Morgan fingerprint density at radius 1 is 1.43 bits per heavy atom. The Kier molecular flexibility index (Phi) is 4.37. The molecule has 1 aromatic carbocycles. The molecule has 5 nitrogen and oxygen atoms in total. The van der Waals surface area contributed by atoms with E-state index in [9.17, 15) is 9.59 Å². The summed E-state index contributed by atoms with van der Waals surface area (Å²) in [7, 11) is 0. The van der Waals surface area contributed by atoms with Gasteiger partial charge in [0.25, 0.3) is 0 Å². The summed E-state index contributed by atoms with van der Waals surface area (Å²) < 4.78 is 11.1. The van der Waals surface area contributed by atoms with Gasteiger partial charge < -0.3 is 14.4 Å². The second-order valence-electron chi connectivity index (χ2n) is 5.80. The largest absolute Gasteiger partial charge is 0.487 e. The SMILES string of the molecule is C=CCCC(=O)N1C[C@@H](C(=O)OCC)[C@@H]2Oc3ccccc3[C@@H]21. The number of carbonyl (C=O) groups is 2. The first-order valence-electron chi connectivity index (χ1n) is 8.00. The Hall–Kier alpha value is -2.30. The second kappa shape index (κ2) is 6.44. The predicted octanol–water partition coefficient (Wildman–Crippen LogP) is 2.48. The summed E-state index contributed by atoms with van der Waals surface area (Å²) in [5, 5.41) is 0. The molecule has 0 N–H and O–H groups in total. The van der Waals surface area contributed by atoms with Gasteiger partial charge in [-0.15, -0.1) is 6.58 Å². The molecule has 1 aromatic rings. The Labute approximate surface area is 135 Å². The molecule has 0 spiro atoms. The van der Waals surface area contributed by atoms with Gasteiger partial charge in [-0.1, -0.05) is 24.3 Å². The number of para-hydroxylation sites is 1. The molecule has 0 saturated carbocycles. The van der Waals surface area contributed by atoms with Crippen LogP contribution in [0.4, 0.5) is 0 Å². The number of rotatable bonds is 5. The zero-order valence-corrected chi connectivity index (χ0v) is 13.2. The van der Waals surface area contributed by atoms with Crippen LogP contribution in [0.15, 0.2) is 36.9 Å². The molecule has 0 bridgehead atoms. The van der Waals surface area contributed by atoms with Gasteiger partial charge in [-0.25, -0.2) is 0 Å². The normalized spacial score (nSPS) is 24.6. The summed E-state index contributed by atoms with van der Waals surface area (Å²) >= 11 is 0. The minimum atomic E-state index is -0.444. The third kappa shape index (κ3) is 2.71. The fourth-order valence-corrected chi connectivity index (χ4v) is 3.38. The number of amides is 1. The van der Waals surface area contributed by atoms with Gasteiger partial charge in [-0.05, 0) is 19.4 Å². The van der Waals surface area contributed by atoms with E-state index in [0.717, 1.165) is 11.3 Å². The number of hydrogen-bond donors (Lipinski definition) is 0. The maximum Gasteiger partial charge on any atom is 0.314 e. The van der Waals surface area contributed by atoms with E-state index in [2.05, 4.69) is 6.58 Å². The maximum atomic E-state index is 12.6. The molecule has 1 amide bonds. The van der Waals surface area contributed by atoms with Crippen LogP contribution in [0.5, 0.6) is 5.75 Å².